The fourth-order valence-electron chi connectivity index (χ4n) is 2.79. The summed E-state index contributed by atoms with van der Waals surface area (Å²) in [5, 5.41) is -0.320. The fourth-order valence-corrected chi connectivity index (χ4v) is 3.01. The summed E-state index contributed by atoms with van der Waals surface area (Å²) in [6.45, 7) is 6.21. The zero-order chi connectivity index (χ0) is 19.5. The van der Waals surface area contributed by atoms with Crippen molar-refractivity contribution in [2.75, 3.05) is 6.61 Å². The number of ether oxygens (including phenoxy) is 1. The molecule has 0 radical (unpaired) electrons. The number of nitrogens with zero attached hydrogens (tertiary/aromatic N) is 1. The van der Waals surface area contributed by atoms with E-state index in [0.717, 1.165) is 18.7 Å². The van der Waals surface area contributed by atoms with E-state index in [2.05, 4.69) is 4.98 Å². The summed E-state index contributed by atoms with van der Waals surface area (Å²) in [5.41, 5.74) is -0.629. The predicted molar refractivity (Wildman–Crippen MR) is 93.8 cm³/mol. The van der Waals surface area contributed by atoms with Gasteiger partial charge in [-0.05, 0) is 42.0 Å². The van der Waals surface area contributed by atoms with Crippen LogP contribution in [0.4, 0.5) is 17.6 Å². The summed E-state index contributed by atoms with van der Waals surface area (Å²) in [7, 11) is 0. The van der Waals surface area contributed by atoms with Crippen LogP contribution in [0.3, 0.4) is 0 Å². The van der Waals surface area contributed by atoms with E-state index in [-0.39, 0.29) is 34.4 Å². The second-order valence-corrected chi connectivity index (χ2v) is 7.10. The Morgan fingerprint density at radius 3 is 2.46 bits per heavy atom. The van der Waals surface area contributed by atoms with E-state index in [1.54, 1.807) is 0 Å². The van der Waals surface area contributed by atoms with Gasteiger partial charge in [0.05, 0.1) is 12.2 Å². The van der Waals surface area contributed by atoms with Gasteiger partial charge in [0.2, 0.25) is 5.95 Å². The molecular weight excluding hydrogens is 370 g/mol. The number of benzene rings is 1. The number of hydrogen-bond donors (Lipinski definition) is 0. The molecule has 0 fully saturated rings. The number of alkyl halides is 3. The Bertz CT molecular complexity index is 762. The van der Waals surface area contributed by atoms with Crippen LogP contribution in [0.1, 0.15) is 32.8 Å². The highest BCUT2D eigenvalue weighted by atomic mass is 35.5. The van der Waals surface area contributed by atoms with Gasteiger partial charge < -0.3 is 4.74 Å². The molecule has 0 bridgehead atoms. The minimum Gasteiger partial charge on any atom is -0.493 e. The lowest BCUT2D eigenvalue weighted by Crippen LogP contribution is -2.14. The van der Waals surface area contributed by atoms with E-state index in [9.17, 15) is 17.6 Å². The van der Waals surface area contributed by atoms with Crippen LogP contribution in [0.25, 0.3) is 11.1 Å². The van der Waals surface area contributed by atoms with Crippen molar-refractivity contribution in [3.8, 4) is 16.9 Å². The van der Waals surface area contributed by atoms with Crippen LogP contribution in [0, 0.1) is 17.8 Å². The SMILES string of the molecule is CC(C)C[C@@H](C)COc1ccc(-c2ccnc(F)c2Cl)cc1C(F)(F)F. The molecule has 0 aliphatic rings. The molecule has 142 valence electrons. The smallest absolute Gasteiger partial charge is 0.419 e. The first-order valence-corrected chi connectivity index (χ1v) is 8.61. The van der Waals surface area contributed by atoms with Gasteiger partial charge in [-0.3, -0.25) is 0 Å². The molecule has 0 N–H and O–H groups in total. The maximum absolute atomic E-state index is 13.5. The quantitative estimate of drug-likeness (QED) is 0.409. The second kappa shape index (κ2) is 8.25. The molecule has 26 heavy (non-hydrogen) atoms. The summed E-state index contributed by atoms with van der Waals surface area (Å²) >= 11 is 5.84. The van der Waals surface area contributed by atoms with Crippen molar-refractivity contribution in [2.24, 2.45) is 11.8 Å². The van der Waals surface area contributed by atoms with Gasteiger partial charge in [-0.1, -0.05) is 38.4 Å². The average Bonchev–Trinajstić information content (AvgIpc) is 2.54. The summed E-state index contributed by atoms with van der Waals surface area (Å²) < 4.78 is 59.3. The van der Waals surface area contributed by atoms with Crippen molar-refractivity contribution in [1.29, 1.82) is 0 Å². The summed E-state index contributed by atoms with van der Waals surface area (Å²) in [5.74, 6) is -0.621. The normalized spacial score (nSPS) is 13.1. The average molecular weight is 390 g/mol. The van der Waals surface area contributed by atoms with Crippen molar-refractivity contribution in [1.82, 2.24) is 4.98 Å². The van der Waals surface area contributed by atoms with E-state index >= 15 is 0 Å². The molecule has 2 rings (SSSR count). The Hall–Kier alpha value is -1.82. The molecule has 0 aliphatic carbocycles. The van der Waals surface area contributed by atoms with E-state index < -0.39 is 17.7 Å². The van der Waals surface area contributed by atoms with Crippen LogP contribution in [-0.2, 0) is 6.18 Å². The largest absolute Gasteiger partial charge is 0.493 e. The molecule has 2 nitrogen and oxygen atoms in total. The Labute approximate surface area is 155 Å². The van der Waals surface area contributed by atoms with Crippen molar-refractivity contribution < 1.29 is 22.3 Å². The van der Waals surface area contributed by atoms with E-state index in [4.69, 9.17) is 16.3 Å². The standard InChI is InChI=1S/C19H20ClF4NO/c1-11(2)8-12(3)10-26-16-5-4-13(9-15(16)19(22,23)24)14-6-7-25-18(21)17(14)20/h4-7,9,11-12H,8,10H2,1-3H3/t12-/m1/s1. The third-order valence-corrected chi connectivity index (χ3v) is 4.20. The van der Waals surface area contributed by atoms with E-state index in [1.807, 2.05) is 20.8 Å². The van der Waals surface area contributed by atoms with Crippen molar-refractivity contribution in [2.45, 2.75) is 33.4 Å². The van der Waals surface area contributed by atoms with Crippen LogP contribution in [0.5, 0.6) is 5.75 Å². The first-order chi connectivity index (χ1) is 12.1. The molecule has 7 heteroatoms. The number of aromatic nitrogens is 1. The summed E-state index contributed by atoms with van der Waals surface area (Å²) in [4.78, 5) is 3.38. The lowest BCUT2D eigenvalue weighted by Gasteiger charge is -2.19. The highest BCUT2D eigenvalue weighted by Crippen LogP contribution is 2.40. The molecule has 0 saturated heterocycles. The molecule has 0 saturated carbocycles. The molecule has 1 heterocycles. The molecule has 0 aliphatic heterocycles. The molecule has 2 aromatic rings. The molecular formula is C19H20ClF4NO. The van der Waals surface area contributed by atoms with Gasteiger partial charge in [-0.2, -0.15) is 17.6 Å². The van der Waals surface area contributed by atoms with Gasteiger partial charge in [0.25, 0.3) is 0 Å². The zero-order valence-electron chi connectivity index (χ0n) is 14.7. The maximum atomic E-state index is 13.5. The lowest BCUT2D eigenvalue weighted by atomic mass is 9.99. The number of halogens is 5. The first-order valence-electron chi connectivity index (χ1n) is 8.24. The molecule has 0 spiro atoms. The fraction of sp³-hybridized carbons (Fsp3) is 0.421. The van der Waals surface area contributed by atoms with Crippen LogP contribution >= 0.6 is 11.6 Å². The molecule has 0 unspecified atom stereocenters. The number of rotatable bonds is 6. The Morgan fingerprint density at radius 1 is 1.15 bits per heavy atom. The van der Waals surface area contributed by atoms with Gasteiger partial charge in [-0.15, -0.1) is 0 Å². The van der Waals surface area contributed by atoms with Gasteiger partial charge in [0.1, 0.15) is 10.8 Å². The third-order valence-electron chi connectivity index (χ3n) is 3.84. The lowest BCUT2D eigenvalue weighted by molar-refractivity contribution is -0.139. The van der Waals surface area contributed by atoms with Crippen LogP contribution < -0.4 is 4.74 Å². The predicted octanol–water partition coefficient (Wildman–Crippen LogP) is 6.62. The Kier molecular flexibility index (Phi) is 6.50. The number of hydrogen-bond acceptors (Lipinski definition) is 2. The van der Waals surface area contributed by atoms with Gasteiger partial charge >= 0.3 is 6.18 Å². The minimum absolute atomic E-state index is 0.125. The van der Waals surface area contributed by atoms with Crippen LogP contribution in [0.2, 0.25) is 5.02 Å². The van der Waals surface area contributed by atoms with Crippen molar-refractivity contribution in [3.05, 3.63) is 47.0 Å². The van der Waals surface area contributed by atoms with Crippen molar-refractivity contribution >= 4 is 11.6 Å². The van der Waals surface area contributed by atoms with E-state index in [0.29, 0.717) is 5.92 Å². The maximum Gasteiger partial charge on any atom is 0.419 e. The summed E-state index contributed by atoms with van der Waals surface area (Å²) in [6.07, 6.45) is -2.60. The molecule has 1 aromatic heterocycles. The highest BCUT2D eigenvalue weighted by Gasteiger charge is 2.35. The first kappa shape index (κ1) is 20.5. The molecule has 0 amide bonds. The highest BCUT2D eigenvalue weighted by molar-refractivity contribution is 6.33. The third kappa shape index (κ3) is 5.10. The van der Waals surface area contributed by atoms with E-state index in [1.165, 1.54) is 18.2 Å². The van der Waals surface area contributed by atoms with Crippen LogP contribution in [0.15, 0.2) is 30.5 Å². The summed E-state index contributed by atoms with van der Waals surface area (Å²) in [6, 6.07) is 4.96. The second-order valence-electron chi connectivity index (χ2n) is 6.72. The van der Waals surface area contributed by atoms with Gasteiger partial charge in [0.15, 0.2) is 0 Å². The number of pyridine rings is 1. The van der Waals surface area contributed by atoms with Gasteiger partial charge in [-0.25, -0.2) is 4.98 Å². The minimum atomic E-state index is -4.61. The Balaban J connectivity index is 2.35. The molecule has 1 atom stereocenters. The van der Waals surface area contributed by atoms with Crippen molar-refractivity contribution in [3.63, 3.8) is 0 Å². The monoisotopic (exact) mass is 389 g/mol. The molecule has 1 aromatic carbocycles. The topological polar surface area (TPSA) is 22.1 Å². The van der Waals surface area contributed by atoms with Crippen LogP contribution in [-0.4, -0.2) is 11.6 Å². The van der Waals surface area contributed by atoms with Gasteiger partial charge in [0, 0.05) is 11.8 Å². The zero-order valence-corrected chi connectivity index (χ0v) is 15.5. The Morgan fingerprint density at radius 2 is 1.85 bits per heavy atom.